The number of pyridine rings is 1. The standard InChI is InChI=1S/C14H12ClN/c15-14-4-2-1-3-13(14)12-7-11(8-16-9-12)10-5-6-10/h1-4,7-10H,5-6H2. The summed E-state index contributed by atoms with van der Waals surface area (Å²) in [4.78, 5) is 4.30. The molecule has 1 fully saturated rings. The molecule has 0 N–H and O–H groups in total. The normalized spacial score (nSPS) is 15.1. The van der Waals surface area contributed by atoms with Gasteiger partial charge in [0.2, 0.25) is 0 Å². The predicted octanol–water partition coefficient (Wildman–Crippen LogP) is 4.28. The Morgan fingerprint density at radius 2 is 1.94 bits per heavy atom. The van der Waals surface area contributed by atoms with E-state index < -0.39 is 0 Å². The molecule has 0 radical (unpaired) electrons. The number of nitrogens with zero attached hydrogens (tertiary/aromatic N) is 1. The molecular weight excluding hydrogens is 218 g/mol. The molecule has 0 saturated heterocycles. The largest absolute Gasteiger partial charge is 0.264 e. The third-order valence-electron chi connectivity index (χ3n) is 2.99. The van der Waals surface area contributed by atoms with Crippen LogP contribution in [-0.2, 0) is 0 Å². The second-order valence-corrected chi connectivity index (χ2v) is 4.67. The molecule has 0 aliphatic heterocycles. The second kappa shape index (κ2) is 3.91. The van der Waals surface area contributed by atoms with Crippen LogP contribution in [0, 0.1) is 0 Å². The van der Waals surface area contributed by atoms with E-state index in [0.717, 1.165) is 22.1 Å². The van der Waals surface area contributed by atoms with Gasteiger partial charge in [0.25, 0.3) is 0 Å². The number of aromatic nitrogens is 1. The smallest absolute Gasteiger partial charge is 0.0484 e. The van der Waals surface area contributed by atoms with E-state index in [9.17, 15) is 0 Å². The van der Waals surface area contributed by atoms with Crippen LogP contribution in [-0.4, -0.2) is 4.98 Å². The number of benzene rings is 1. The first kappa shape index (κ1) is 9.86. The van der Waals surface area contributed by atoms with E-state index in [1.54, 1.807) is 0 Å². The molecule has 1 aromatic heterocycles. The van der Waals surface area contributed by atoms with Crippen molar-refractivity contribution in [2.75, 3.05) is 0 Å². The maximum Gasteiger partial charge on any atom is 0.0484 e. The highest BCUT2D eigenvalue weighted by Gasteiger charge is 2.24. The quantitative estimate of drug-likeness (QED) is 0.749. The molecular formula is C14H12ClN. The van der Waals surface area contributed by atoms with Crippen LogP contribution in [0.25, 0.3) is 11.1 Å². The fourth-order valence-electron chi connectivity index (χ4n) is 1.94. The Hall–Kier alpha value is -1.34. The molecule has 1 saturated carbocycles. The Labute approximate surface area is 100 Å². The van der Waals surface area contributed by atoms with Gasteiger partial charge >= 0.3 is 0 Å². The molecule has 1 aromatic carbocycles. The monoisotopic (exact) mass is 229 g/mol. The van der Waals surface area contributed by atoms with E-state index in [2.05, 4.69) is 11.1 Å². The van der Waals surface area contributed by atoms with Gasteiger partial charge in [-0.3, -0.25) is 4.98 Å². The molecule has 0 spiro atoms. The summed E-state index contributed by atoms with van der Waals surface area (Å²) >= 11 is 6.18. The highest BCUT2D eigenvalue weighted by molar-refractivity contribution is 6.33. The first-order valence-corrected chi connectivity index (χ1v) is 5.92. The van der Waals surface area contributed by atoms with Crippen molar-refractivity contribution >= 4 is 11.6 Å². The molecule has 0 atom stereocenters. The van der Waals surface area contributed by atoms with Crippen LogP contribution in [0.1, 0.15) is 24.3 Å². The first-order valence-electron chi connectivity index (χ1n) is 5.54. The van der Waals surface area contributed by atoms with Gasteiger partial charge in [-0.2, -0.15) is 0 Å². The van der Waals surface area contributed by atoms with Crippen LogP contribution >= 0.6 is 11.6 Å². The third-order valence-corrected chi connectivity index (χ3v) is 3.32. The molecule has 1 aliphatic rings. The van der Waals surface area contributed by atoms with Crippen LogP contribution in [0.2, 0.25) is 5.02 Å². The van der Waals surface area contributed by atoms with Crippen molar-refractivity contribution in [3.8, 4) is 11.1 Å². The van der Waals surface area contributed by atoms with Crippen LogP contribution in [0.3, 0.4) is 0 Å². The van der Waals surface area contributed by atoms with Gasteiger partial charge in [0.15, 0.2) is 0 Å². The van der Waals surface area contributed by atoms with Crippen molar-refractivity contribution in [3.05, 3.63) is 53.3 Å². The van der Waals surface area contributed by atoms with E-state index >= 15 is 0 Å². The van der Waals surface area contributed by atoms with E-state index in [1.807, 2.05) is 36.7 Å². The highest BCUT2D eigenvalue weighted by Crippen LogP contribution is 2.41. The second-order valence-electron chi connectivity index (χ2n) is 4.26. The topological polar surface area (TPSA) is 12.9 Å². The molecule has 0 bridgehead atoms. The molecule has 16 heavy (non-hydrogen) atoms. The van der Waals surface area contributed by atoms with Gasteiger partial charge in [-0.25, -0.2) is 0 Å². The van der Waals surface area contributed by atoms with Crippen molar-refractivity contribution < 1.29 is 0 Å². The summed E-state index contributed by atoms with van der Waals surface area (Å²) in [6.07, 6.45) is 6.45. The maximum atomic E-state index is 6.18. The van der Waals surface area contributed by atoms with Crippen molar-refractivity contribution in [3.63, 3.8) is 0 Å². The summed E-state index contributed by atoms with van der Waals surface area (Å²) in [5.41, 5.74) is 3.53. The summed E-state index contributed by atoms with van der Waals surface area (Å²) in [6, 6.07) is 10.1. The molecule has 1 nitrogen and oxygen atoms in total. The van der Waals surface area contributed by atoms with Crippen molar-refractivity contribution in [2.24, 2.45) is 0 Å². The Kier molecular flexibility index (Phi) is 2.41. The lowest BCUT2D eigenvalue weighted by molar-refractivity contribution is 1.09. The van der Waals surface area contributed by atoms with Gasteiger partial charge in [0.05, 0.1) is 0 Å². The Bertz CT molecular complexity index is 518. The zero-order valence-corrected chi connectivity index (χ0v) is 9.61. The van der Waals surface area contributed by atoms with Crippen molar-refractivity contribution in [2.45, 2.75) is 18.8 Å². The zero-order chi connectivity index (χ0) is 11.0. The third kappa shape index (κ3) is 1.83. The van der Waals surface area contributed by atoms with E-state index in [0.29, 0.717) is 0 Å². The highest BCUT2D eigenvalue weighted by atomic mass is 35.5. The van der Waals surface area contributed by atoms with Gasteiger partial charge < -0.3 is 0 Å². The number of hydrogen-bond acceptors (Lipinski definition) is 1. The van der Waals surface area contributed by atoms with Crippen LogP contribution in [0.5, 0.6) is 0 Å². The Morgan fingerprint density at radius 3 is 2.69 bits per heavy atom. The summed E-state index contributed by atoms with van der Waals surface area (Å²) in [5.74, 6) is 0.731. The maximum absolute atomic E-state index is 6.18. The van der Waals surface area contributed by atoms with Crippen LogP contribution < -0.4 is 0 Å². The average Bonchev–Trinajstić information content (AvgIpc) is 3.14. The molecule has 3 rings (SSSR count). The van der Waals surface area contributed by atoms with E-state index in [-0.39, 0.29) is 0 Å². The molecule has 80 valence electrons. The summed E-state index contributed by atoms with van der Waals surface area (Å²) in [6.45, 7) is 0. The van der Waals surface area contributed by atoms with Crippen LogP contribution in [0.15, 0.2) is 42.7 Å². The Balaban J connectivity index is 2.05. The minimum Gasteiger partial charge on any atom is -0.264 e. The molecule has 1 aliphatic carbocycles. The Morgan fingerprint density at radius 1 is 1.12 bits per heavy atom. The molecule has 1 heterocycles. The van der Waals surface area contributed by atoms with Crippen molar-refractivity contribution in [1.82, 2.24) is 4.98 Å². The molecule has 0 unspecified atom stereocenters. The average molecular weight is 230 g/mol. The number of hydrogen-bond donors (Lipinski definition) is 0. The zero-order valence-electron chi connectivity index (χ0n) is 8.86. The lowest BCUT2D eigenvalue weighted by Crippen LogP contribution is -1.86. The number of halogens is 1. The van der Waals surface area contributed by atoms with Gasteiger partial charge in [-0.1, -0.05) is 29.8 Å². The fourth-order valence-corrected chi connectivity index (χ4v) is 2.19. The molecule has 2 heteroatoms. The minimum absolute atomic E-state index is 0.731. The summed E-state index contributed by atoms with van der Waals surface area (Å²) < 4.78 is 0. The van der Waals surface area contributed by atoms with Crippen LogP contribution in [0.4, 0.5) is 0 Å². The predicted molar refractivity (Wildman–Crippen MR) is 66.7 cm³/mol. The lowest BCUT2D eigenvalue weighted by Gasteiger charge is -2.05. The lowest BCUT2D eigenvalue weighted by atomic mass is 10.0. The fraction of sp³-hybridized carbons (Fsp3) is 0.214. The van der Waals surface area contributed by atoms with Gasteiger partial charge in [0.1, 0.15) is 0 Å². The van der Waals surface area contributed by atoms with E-state index in [1.165, 1.54) is 18.4 Å². The van der Waals surface area contributed by atoms with Crippen molar-refractivity contribution in [1.29, 1.82) is 0 Å². The summed E-state index contributed by atoms with van der Waals surface area (Å²) in [5, 5.41) is 0.789. The first-order chi connectivity index (χ1) is 7.84. The van der Waals surface area contributed by atoms with Gasteiger partial charge in [0, 0.05) is 28.5 Å². The van der Waals surface area contributed by atoms with E-state index in [4.69, 9.17) is 11.6 Å². The SMILES string of the molecule is Clc1ccccc1-c1cncc(C2CC2)c1. The molecule has 0 amide bonds. The molecule has 2 aromatic rings. The van der Waals surface area contributed by atoms with Gasteiger partial charge in [-0.15, -0.1) is 0 Å². The minimum atomic E-state index is 0.731. The van der Waals surface area contributed by atoms with Gasteiger partial charge in [-0.05, 0) is 36.5 Å². The number of rotatable bonds is 2. The summed E-state index contributed by atoms with van der Waals surface area (Å²) in [7, 11) is 0.